The van der Waals surface area contributed by atoms with Crippen molar-refractivity contribution < 1.29 is 23.7 Å². The van der Waals surface area contributed by atoms with Crippen LogP contribution in [0.15, 0.2) is 47.0 Å². The van der Waals surface area contributed by atoms with Crippen LogP contribution in [0.4, 0.5) is 5.69 Å². The number of aromatic nitrogens is 2. The van der Waals surface area contributed by atoms with E-state index in [0.29, 0.717) is 11.6 Å². The van der Waals surface area contributed by atoms with E-state index >= 15 is 0 Å². The van der Waals surface area contributed by atoms with Crippen LogP contribution in [0.5, 0.6) is 11.5 Å². The van der Waals surface area contributed by atoms with Gasteiger partial charge >= 0.3 is 5.69 Å². The molecule has 1 heterocycles. The Morgan fingerprint density at radius 2 is 1.87 bits per heavy atom. The Balaban J connectivity index is 1.83. The van der Waals surface area contributed by atoms with E-state index < -0.39 is 10.8 Å². The molecule has 1 aromatic heterocycles. The SMILES string of the molecule is COc1ccc(-c2noc(CN(C(=O)c3ccc(OC)c([N+](=O)[O-])c3)C(C)C)n2)cc1. The highest BCUT2D eigenvalue weighted by atomic mass is 16.6. The maximum Gasteiger partial charge on any atom is 0.311 e. The Morgan fingerprint density at radius 3 is 2.45 bits per heavy atom. The number of amides is 1. The van der Waals surface area contributed by atoms with E-state index in [1.54, 1.807) is 31.4 Å². The number of carbonyl (C=O) groups excluding carboxylic acids is 1. The highest BCUT2D eigenvalue weighted by Gasteiger charge is 2.25. The lowest BCUT2D eigenvalue weighted by atomic mass is 10.1. The molecule has 31 heavy (non-hydrogen) atoms. The first-order valence-electron chi connectivity index (χ1n) is 9.44. The van der Waals surface area contributed by atoms with Gasteiger partial charge in [0.1, 0.15) is 12.3 Å². The zero-order valence-electron chi connectivity index (χ0n) is 17.6. The minimum atomic E-state index is -0.589. The predicted octanol–water partition coefficient (Wildman–Crippen LogP) is 3.71. The molecule has 0 aliphatic heterocycles. The fourth-order valence-corrected chi connectivity index (χ4v) is 2.94. The summed E-state index contributed by atoms with van der Waals surface area (Å²) in [6.07, 6.45) is 0. The largest absolute Gasteiger partial charge is 0.497 e. The number of methoxy groups -OCH3 is 2. The summed E-state index contributed by atoms with van der Waals surface area (Å²) in [7, 11) is 2.91. The molecule has 0 aliphatic rings. The minimum Gasteiger partial charge on any atom is -0.497 e. The summed E-state index contributed by atoms with van der Waals surface area (Å²) in [6, 6.07) is 11.0. The molecule has 0 saturated carbocycles. The van der Waals surface area contributed by atoms with E-state index in [-0.39, 0.29) is 35.5 Å². The Morgan fingerprint density at radius 1 is 1.16 bits per heavy atom. The molecule has 0 bridgehead atoms. The molecule has 3 aromatic rings. The second kappa shape index (κ2) is 9.24. The van der Waals surface area contributed by atoms with Crippen LogP contribution in [0, 0.1) is 10.1 Å². The number of ether oxygens (including phenoxy) is 2. The summed E-state index contributed by atoms with van der Waals surface area (Å²) >= 11 is 0. The van der Waals surface area contributed by atoms with E-state index in [0.717, 1.165) is 5.56 Å². The van der Waals surface area contributed by atoms with Gasteiger partial charge in [0.05, 0.1) is 19.1 Å². The first-order valence-corrected chi connectivity index (χ1v) is 9.44. The second-order valence-electron chi connectivity index (χ2n) is 6.91. The molecule has 10 nitrogen and oxygen atoms in total. The molecule has 162 valence electrons. The zero-order valence-corrected chi connectivity index (χ0v) is 17.6. The molecule has 0 fully saturated rings. The highest BCUT2D eigenvalue weighted by molar-refractivity contribution is 5.95. The van der Waals surface area contributed by atoms with Crippen LogP contribution in [0.2, 0.25) is 0 Å². The summed E-state index contributed by atoms with van der Waals surface area (Å²) in [6.45, 7) is 3.71. The van der Waals surface area contributed by atoms with Crippen molar-refractivity contribution in [2.45, 2.75) is 26.4 Å². The molecule has 1 amide bonds. The molecule has 0 N–H and O–H groups in total. The molecular formula is C21H22N4O6. The van der Waals surface area contributed by atoms with Crippen LogP contribution in [0.1, 0.15) is 30.1 Å². The zero-order chi connectivity index (χ0) is 22.5. The molecule has 0 spiro atoms. The van der Waals surface area contributed by atoms with Crippen LogP contribution < -0.4 is 9.47 Å². The standard InChI is InChI=1S/C21H22N4O6/c1-13(2)24(21(26)15-7-10-18(30-4)17(11-15)25(27)28)12-19-22-20(23-31-19)14-5-8-16(29-3)9-6-14/h5-11,13H,12H2,1-4H3. The first-order chi connectivity index (χ1) is 14.8. The molecule has 0 saturated heterocycles. The van der Waals surface area contributed by atoms with Gasteiger partial charge in [0.25, 0.3) is 5.91 Å². The van der Waals surface area contributed by atoms with Crippen LogP contribution in [-0.4, -0.2) is 46.1 Å². The lowest BCUT2D eigenvalue weighted by Crippen LogP contribution is -2.36. The smallest absolute Gasteiger partial charge is 0.311 e. The fraction of sp³-hybridized carbons (Fsp3) is 0.286. The number of hydrogen-bond acceptors (Lipinski definition) is 8. The summed E-state index contributed by atoms with van der Waals surface area (Å²) < 4.78 is 15.5. The van der Waals surface area contributed by atoms with Crippen molar-refractivity contribution in [3.63, 3.8) is 0 Å². The molecule has 10 heteroatoms. The van der Waals surface area contributed by atoms with Crippen LogP contribution in [0.3, 0.4) is 0 Å². The number of hydrogen-bond donors (Lipinski definition) is 0. The normalized spacial score (nSPS) is 10.7. The van der Waals surface area contributed by atoms with Gasteiger partial charge in [-0.05, 0) is 50.2 Å². The third-order valence-electron chi connectivity index (χ3n) is 4.63. The van der Waals surface area contributed by atoms with Crippen molar-refractivity contribution in [2.24, 2.45) is 0 Å². The molecule has 2 aromatic carbocycles. The highest BCUT2D eigenvalue weighted by Crippen LogP contribution is 2.28. The molecule has 0 aliphatic carbocycles. The average molecular weight is 426 g/mol. The predicted molar refractivity (Wildman–Crippen MR) is 111 cm³/mol. The number of nitro groups is 1. The third-order valence-corrected chi connectivity index (χ3v) is 4.63. The van der Waals surface area contributed by atoms with Gasteiger partial charge in [-0.15, -0.1) is 0 Å². The van der Waals surface area contributed by atoms with Gasteiger partial charge in [-0.25, -0.2) is 0 Å². The van der Waals surface area contributed by atoms with Gasteiger partial charge in [0, 0.05) is 23.2 Å². The van der Waals surface area contributed by atoms with Crippen molar-refractivity contribution in [3.8, 4) is 22.9 Å². The maximum absolute atomic E-state index is 13.1. The molecule has 0 radical (unpaired) electrons. The first kappa shape index (κ1) is 21.8. The number of rotatable bonds is 8. The number of nitrogens with zero attached hydrogens (tertiary/aromatic N) is 4. The number of carbonyl (C=O) groups is 1. The van der Waals surface area contributed by atoms with Crippen molar-refractivity contribution in [1.29, 1.82) is 0 Å². The van der Waals surface area contributed by atoms with Crippen molar-refractivity contribution in [2.75, 3.05) is 14.2 Å². The van der Waals surface area contributed by atoms with Crippen molar-refractivity contribution in [3.05, 3.63) is 64.0 Å². The Bertz CT molecular complexity index is 1080. The Hall–Kier alpha value is -3.95. The van der Waals surface area contributed by atoms with Crippen molar-refractivity contribution >= 4 is 11.6 Å². The van der Waals surface area contributed by atoms with E-state index in [1.807, 2.05) is 13.8 Å². The lowest BCUT2D eigenvalue weighted by Gasteiger charge is -2.25. The second-order valence-corrected chi connectivity index (χ2v) is 6.91. The van der Waals surface area contributed by atoms with Gasteiger partial charge in [-0.1, -0.05) is 5.16 Å². The Kier molecular flexibility index (Phi) is 6.49. The van der Waals surface area contributed by atoms with E-state index in [4.69, 9.17) is 14.0 Å². The quantitative estimate of drug-likeness (QED) is 0.395. The molecule has 0 atom stereocenters. The van der Waals surface area contributed by atoms with E-state index in [2.05, 4.69) is 10.1 Å². The molecule has 0 unspecified atom stereocenters. The van der Waals surface area contributed by atoms with Gasteiger partial charge in [-0.2, -0.15) is 4.98 Å². The monoisotopic (exact) mass is 426 g/mol. The minimum absolute atomic E-state index is 0.0550. The summed E-state index contributed by atoms with van der Waals surface area (Å²) in [5, 5.41) is 15.3. The van der Waals surface area contributed by atoms with Gasteiger partial charge in [0.2, 0.25) is 11.7 Å². The Labute approximate surface area is 178 Å². The van der Waals surface area contributed by atoms with E-state index in [1.165, 1.54) is 30.2 Å². The van der Waals surface area contributed by atoms with Gasteiger partial charge < -0.3 is 18.9 Å². The fourth-order valence-electron chi connectivity index (χ4n) is 2.94. The number of benzene rings is 2. The van der Waals surface area contributed by atoms with Gasteiger partial charge in [0.15, 0.2) is 5.75 Å². The maximum atomic E-state index is 13.1. The van der Waals surface area contributed by atoms with Crippen LogP contribution >= 0.6 is 0 Å². The van der Waals surface area contributed by atoms with Crippen LogP contribution in [0.25, 0.3) is 11.4 Å². The summed E-state index contributed by atoms with van der Waals surface area (Å²) in [5.74, 6) is 1.02. The third kappa shape index (κ3) is 4.80. The lowest BCUT2D eigenvalue weighted by molar-refractivity contribution is -0.385. The molecule has 3 rings (SSSR count). The van der Waals surface area contributed by atoms with Crippen LogP contribution in [-0.2, 0) is 6.54 Å². The summed E-state index contributed by atoms with van der Waals surface area (Å²) in [5.41, 5.74) is 0.622. The van der Waals surface area contributed by atoms with Gasteiger partial charge in [-0.3, -0.25) is 14.9 Å². The number of nitro benzene ring substituents is 1. The summed E-state index contributed by atoms with van der Waals surface area (Å²) in [4.78, 5) is 29.6. The molecular weight excluding hydrogens is 404 g/mol. The van der Waals surface area contributed by atoms with Crippen molar-refractivity contribution in [1.82, 2.24) is 15.0 Å². The topological polar surface area (TPSA) is 121 Å². The van der Waals surface area contributed by atoms with E-state index in [9.17, 15) is 14.9 Å². The average Bonchev–Trinajstić information content (AvgIpc) is 3.25.